The van der Waals surface area contributed by atoms with Gasteiger partial charge in [-0.3, -0.25) is 4.79 Å². The second-order valence-corrected chi connectivity index (χ2v) is 10.7. The van der Waals surface area contributed by atoms with Crippen LogP contribution in [-0.4, -0.2) is 67.0 Å². The van der Waals surface area contributed by atoms with Gasteiger partial charge in [-0.1, -0.05) is 11.3 Å². The van der Waals surface area contributed by atoms with E-state index in [1.54, 1.807) is 13.0 Å². The third kappa shape index (κ3) is 5.14. The van der Waals surface area contributed by atoms with Crippen molar-refractivity contribution in [3.63, 3.8) is 0 Å². The van der Waals surface area contributed by atoms with Crippen LogP contribution >= 0.6 is 11.3 Å². The van der Waals surface area contributed by atoms with Crippen LogP contribution in [0.15, 0.2) is 52.4 Å². The first-order chi connectivity index (χ1) is 16.7. The number of sulfonamides is 1. The fraction of sp³-hybridized carbons (Fsp3) is 0.348. The summed E-state index contributed by atoms with van der Waals surface area (Å²) >= 11 is 1.21. The normalized spacial score (nSPS) is 15.5. The largest absolute Gasteiger partial charge is 0.450 e. The van der Waals surface area contributed by atoms with Gasteiger partial charge in [-0.15, -0.1) is 0 Å². The molecule has 2 aromatic carbocycles. The molecule has 186 valence electrons. The van der Waals surface area contributed by atoms with Gasteiger partial charge in [0.15, 0.2) is 4.80 Å². The molecule has 0 N–H and O–H groups in total. The summed E-state index contributed by atoms with van der Waals surface area (Å²) < 4.78 is 48.4. The van der Waals surface area contributed by atoms with E-state index in [0.717, 1.165) is 5.52 Å². The molecule has 12 heteroatoms. The summed E-state index contributed by atoms with van der Waals surface area (Å²) in [6.45, 7) is 5.22. The van der Waals surface area contributed by atoms with Gasteiger partial charge in [0, 0.05) is 38.3 Å². The number of piperazine rings is 1. The van der Waals surface area contributed by atoms with Gasteiger partial charge in [0.1, 0.15) is 5.82 Å². The maximum absolute atomic E-state index is 13.6. The fourth-order valence-corrected chi connectivity index (χ4v) is 6.37. The number of nitrogens with zero attached hydrogens (tertiary/aromatic N) is 4. The number of hydrogen-bond acceptors (Lipinski definition) is 6. The van der Waals surface area contributed by atoms with Gasteiger partial charge in [-0.25, -0.2) is 17.6 Å². The van der Waals surface area contributed by atoms with Crippen LogP contribution in [0.3, 0.4) is 0 Å². The molecular weight excluding hydrogens is 495 g/mol. The minimum absolute atomic E-state index is 0.0552. The number of hydrogen-bond donors (Lipinski definition) is 0. The molecule has 0 spiro atoms. The summed E-state index contributed by atoms with van der Waals surface area (Å²) in [6.07, 6.45) is -0.454. The van der Waals surface area contributed by atoms with Crippen LogP contribution < -0.4 is 4.80 Å². The molecule has 1 saturated heterocycles. The maximum Gasteiger partial charge on any atom is 0.409 e. The molecule has 1 aliphatic heterocycles. The Labute approximate surface area is 206 Å². The lowest BCUT2D eigenvalue weighted by atomic mass is 10.2. The van der Waals surface area contributed by atoms with Gasteiger partial charge in [-0.05, 0) is 56.3 Å². The van der Waals surface area contributed by atoms with Crippen molar-refractivity contribution >= 4 is 43.6 Å². The Morgan fingerprint density at radius 3 is 2.37 bits per heavy atom. The van der Waals surface area contributed by atoms with E-state index in [1.165, 1.54) is 56.9 Å². The first-order valence-electron chi connectivity index (χ1n) is 11.1. The van der Waals surface area contributed by atoms with Crippen LogP contribution in [0.4, 0.5) is 9.18 Å². The summed E-state index contributed by atoms with van der Waals surface area (Å²) in [4.78, 5) is 30.8. The third-order valence-corrected chi connectivity index (χ3v) is 8.62. The van der Waals surface area contributed by atoms with Crippen molar-refractivity contribution in [2.24, 2.45) is 4.99 Å². The van der Waals surface area contributed by atoms with Crippen LogP contribution in [0, 0.1) is 5.82 Å². The van der Waals surface area contributed by atoms with Gasteiger partial charge in [0.2, 0.25) is 10.0 Å². The molecule has 2 amide bonds. The van der Waals surface area contributed by atoms with E-state index in [4.69, 9.17) is 4.74 Å². The molecule has 0 bridgehead atoms. The van der Waals surface area contributed by atoms with E-state index in [9.17, 15) is 22.4 Å². The summed E-state index contributed by atoms with van der Waals surface area (Å²) in [5.74, 6) is -0.884. The Balaban J connectivity index is 1.52. The molecule has 1 fully saturated rings. The molecule has 0 atom stereocenters. The molecule has 9 nitrogen and oxygen atoms in total. The molecule has 0 radical (unpaired) electrons. The Bertz CT molecular complexity index is 1420. The molecule has 1 aliphatic rings. The minimum atomic E-state index is -3.78. The number of fused-ring (bicyclic) bond motifs is 1. The van der Waals surface area contributed by atoms with Crippen LogP contribution in [-0.2, 0) is 21.3 Å². The monoisotopic (exact) mass is 520 g/mol. The van der Waals surface area contributed by atoms with E-state index >= 15 is 0 Å². The molecular formula is C23H25FN4O5S2. The molecule has 0 unspecified atom stereocenters. The average molecular weight is 521 g/mol. The van der Waals surface area contributed by atoms with E-state index < -0.39 is 22.0 Å². The second kappa shape index (κ2) is 10.3. The Kier molecular flexibility index (Phi) is 7.33. The minimum Gasteiger partial charge on any atom is -0.450 e. The molecule has 0 aliphatic carbocycles. The predicted molar refractivity (Wildman–Crippen MR) is 129 cm³/mol. The lowest BCUT2D eigenvalue weighted by molar-refractivity contribution is 0.0933. The average Bonchev–Trinajstić information content (AvgIpc) is 3.20. The third-order valence-electron chi connectivity index (χ3n) is 5.66. The number of rotatable bonds is 5. The predicted octanol–water partition coefficient (Wildman–Crippen LogP) is 3.07. The SMILES string of the molecule is CCOC(=O)N1CCN(S(=O)(=O)c2ccc(C(=O)N=c3sc4cc(F)ccc4n3CC)cc2)CC1. The lowest BCUT2D eigenvalue weighted by Gasteiger charge is -2.33. The zero-order chi connectivity index (χ0) is 25.2. The highest BCUT2D eigenvalue weighted by atomic mass is 32.2. The molecule has 1 aromatic heterocycles. The molecule has 3 aromatic rings. The highest BCUT2D eigenvalue weighted by molar-refractivity contribution is 7.89. The van der Waals surface area contributed by atoms with Gasteiger partial charge in [-0.2, -0.15) is 9.30 Å². The van der Waals surface area contributed by atoms with Crippen molar-refractivity contribution in [1.82, 2.24) is 13.8 Å². The second-order valence-electron chi connectivity index (χ2n) is 7.77. The molecule has 0 saturated carbocycles. The molecule has 4 rings (SSSR count). The maximum atomic E-state index is 13.6. The quantitative estimate of drug-likeness (QED) is 0.515. The first kappa shape index (κ1) is 25.0. The van der Waals surface area contributed by atoms with Crippen molar-refractivity contribution in [1.29, 1.82) is 0 Å². The number of aryl methyl sites for hydroxylation is 1. The highest BCUT2D eigenvalue weighted by Gasteiger charge is 2.30. The molecule has 35 heavy (non-hydrogen) atoms. The van der Waals surface area contributed by atoms with Crippen molar-refractivity contribution in [3.8, 4) is 0 Å². The Hall–Kier alpha value is -3.09. The Morgan fingerprint density at radius 1 is 1.06 bits per heavy atom. The summed E-state index contributed by atoms with van der Waals surface area (Å²) in [7, 11) is -3.78. The number of aromatic nitrogens is 1. The van der Waals surface area contributed by atoms with Gasteiger partial charge < -0.3 is 14.2 Å². The van der Waals surface area contributed by atoms with Crippen molar-refractivity contribution < 1.29 is 27.1 Å². The van der Waals surface area contributed by atoms with Crippen molar-refractivity contribution in [2.75, 3.05) is 32.8 Å². The van der Waals surface area contributed by atoms with E-state index in [1.807, 2.05) is 11.5 Å². The number of thiazole rings is 1. The van der Waals surface area contributed by atoms with Gasteiger partial charge in [0.05, 0.1) is 21.7 Å². The fourth-order valence-electron chi connectivity index (χ4n) is 3.83. The smallest absolute Gasteiger partial charge is 0.409 e. The number of ether oxygens (including phenoxy) is 1. The van der Waals surface area contributed by atoms with E-state index in [-0.39, 0.29) is 49.1 Å². The lowest BCUT2D eigenvalue weighted by Crippen LogP contribution is -2.50. The number of carbonyl (C=O) groups is 2. The zero-order valence-electron chi connectivity index (χ0n) is 19.3. The van der Waals surface area contributed by atoms with Crippen molar-refractivity contribution in [2.45, 2.75) is 25.3 Å². The number of halogens is 1. The van der Waals surface area contributed by atoms with Crippen molar-refractivity contribution in [3.05, 3.63) is 58.6 Å². The van der Waals surface area contributed by atoms with Crippen LogP contribution in [0.25, 0.3) is 10.2 Å². The topological polar surface area (TPSA) is 101 Å². The summed E-state index contributed by atoms with van der Waals surface area (Å²) in [6, 6.07) is 10.0. The van der Waals surface area contributed by atoms with E-state index in [0.29, 0.717) is 16.0 Å². The molecule has 2 heterocycles. The summed E-state index contributed by atoms with van der Waals surface area (Å²) in [5, 5.41) is 0. The van der Waals surface area contributed by atoms with E-state index in [2.05, 4.69) is 4.99 Å². The van der Waals surface area contributed by atoms with Crippen LogP contribution in [0.5, 0.6) is 0 Å². The van der Waals surface area contributed by atoms with Crippen LogP contribution in [0.1, 0.15) is 24.2 Å². The number of amides is 2. The highest BCUT2D eigenvalue weighted by Crippen LogP contribution is 2.20. The number of carbonyl (C=O) groups excluding carboxylic acids is 2. The summed E-state index contributed by atoms with van der Waals surface area (Å²) in [5.41, 5.74) is 1.03. The number of benzene rings is 2. The van der Waals surface area contributed by atoms with Gasteiger partial charge >= 0.3 is 6.09 Å². The first-order valence-corrected chi connectivity index (χ1v) is 13.4. The zero-order valence-corrected chi connectivity index (χ0v) is 20.9. The van der Waals surface area contributed by atoms with Gasteiger partial charge in [0.25, 0.3) is 5.91 Å². The van der Waals surface area contributed by atoms with Crippen LogP contribution in [0.2, 0.25) is 0 Å². The standard InChI is InChI=1S/C23H25FN4O5S2/c1-3-28-19-10-7-17(24)15-20(19)34-22(28)25-21(29)16-5-8-18(9-6-16)35(31,32)27-13-11-26(12-14-27)23(30)33-4-2/h5-10,15H,3-4,11-14H2,1-2H3. The Morgan fingerprint density at radius 2 is 1.74 bits per heavy atom.